The Labute approximate surface area is 287 Å². The average Bonchev–Trinajstić information content (AvgIpc) is 3.04. The van der Waals surface area contributed by atoms with Crippen LogP contribution in [-0.2, 0) is 9.53 Å². The van der Waals surface area contributed by atoms with Crippen molar-refractivity contribution in [2.24, 2.45) is 0 Å². The standard InChI is InChI=1S/C43H75NO2/c1-6-9-11-13-15-17-19-21-23-25-27-29-31-33-35-37-39-41(46-43(45)42(8-3)44(4)5)40-38-36-34-32-30-28-26-24-22-20-18-16-14-12-10-7-2/h15-18,21-24,27-30,41-42H,6-14,19-20,25-26,31-40H2,1-5H3/b17-15+,18-16+,23-21+,24-22+,29-27+,30-28+. The van der Waals surface area contributed by atoms with Gasteiger partial charge < -0.3 is 4.74 Å². The summed E-state index contributed by atoms with van der Waals surface area (Å²) in [6.07, 6.45) is 54.1. The Morgan fingerprint density at radius 1 is 0.500 bits per heavy atom. The molecule has 1 atom stereocenters. The summed E-state index contributed by atoms with van der Waals surface area (Å²) in [5.74, 6) is -0.0524. The first-order valence-electron chi connectivity index (χ1n) is 19.3. The number of nitrogens with zero attached hydrogens (tertiary/aromatic N) is 1. The van der Waals surface area contributed by atoms with Crippen molar-refractivity contribution in [1.82, 2.24) is 4.90 Å². The first kappa shape index (κ1) is 43.9. The maximum Gasteiger partial charge on any atom is 0.323 e. The minimum atomic E-state index is -0.149. The van der Waals surface area contributed by atoms with Crippen molar-refractivity contribution in [3.05, 3.63) is 72.9 Å². The molecule has 0 fully saturated rings. The van der Waals surface area contributed by atoms with Gasteiger partial charge in [0.25, 0.3) is 0 Å². The monoisotopic (exact) mass is 638 g/mol. The van der Waals surface area contributed by atoms with E-state index in [1.54, 1.807) is 0 Å². The normalized spacial score (nSPS) is 13.5. The van der Waals surface area contributed by atoms with Crippen LogP contribution in [0, 0.1) is 0 Å². The van der Waals surface area contributed by atoms with Crippen molar-refractivity contribution < 1.29 is 9.53 Å². The molecule has 0 heterocycles. The van der Waals surface area contributed by atoms with Crippen molar-refractivity contribution >= 4 is 5.97 Å². The van der Waals surface area contributed by atoms with E-state index in [1.165, 1.54) is 77.0 Å². The van der Waals surface area contributed by atoms with E-state index in [-0.39, 0.29) is 18.1 Å². The summed E-state index contributed by atoms with van der Waals surface area (Å²) in [5.41, 5.74) is 0. The fourth-order valence-electron chi connectivity index (χ4n) is 5.45. The molecule has 0 saturated carbocycles. The van der Waals surface area contributed by atoms with Crippen molar-refractivity contribution in [1.29, 1.82) is 0 Å². The van der Waals surface area contributed by atoms with Gasteiger partial charge in [-0.1, -0.05) is 132 Å². The van der Waals surface area contributed by atoms with Gasteiger partial charge in [0.2, 0.25) is 0 Å². The van der Waals surface area contributed by atoms with Gasteiger partial charge in [-0.25, -0.2) is 0 Å². The number of hydrogen-bond donors (Lipinski definition) is 0. The molecule has 46 heavy (non-hydrogen) atoms. The molecule has 0 saturated heterocycles. The molecule has 1 unspecified atom stereocenters. The van der Waals surface area contributed by atoms with Crippen molar-refractivity contribution in [3.8, 4) is 0 Å². The molecule has 264 valence electrons. The second-order valence-corrected chi connectivity index (χ2v) is 13.0. The van der Waals surface area contributed by atoms with Crippen LogP contribution >= 0.6 is 0 Å². The Bertz CT molecular complexity index is 778. The van der Waals surface area contributed by atoms with Crippen LogP contribution < -0.4 is 0 Å². The van der Waals surface area contributed by atoms with Crippen LogP contribution in [0.4, 0.5) is 0 Å². The maximum atomic E-state index is 12.9. The zero-order valence-electron chi connectivity index (χ0n) is 31.1. The highest BCUT2D eigenvalue weighted by atomic mass is 16.5. The van der Waals surface area contributed by atoms with E-state index in [0.717, 1.165) is 70.6 Å². The molecule has 0 radical (unpaired) electrons. The van der Waals surface area contributed by atoms with E-state index in [0.29, 0.717) is 0 Å². The highest BCUT2D eigenvalue weighted by molar-refractivity contribution is 5.75. The smallest absolute Gasteiger partial charge is 0.323 e. The summed E-state index contributed by atoms with van der Waals surface area (Å²) in [5, 5.41) is 0. The predicted octanol–water partition coefficient (Wildman–Crippen LogP) is 13.2. The number of carbonyl (C=O) groups is 1. The van der Waals surface area contributed by atoms with E-state index < -0.39 is 0 Å². The summed E-state index contributed by atoms with van der Waals surface area (Å²) in [6.45, 7) is 6.57. The van der Waals surface area contributed by atoms with Crippen LogP contribution in [0.5, 0.6) is 0 Å². The molecule has 0 aliphatic rings. The van der Waals surface area contributed by atoms with E-state index in [1.807, 2.05) is 19.0 Å². The number of unbranched alkanes of at least 4 members (excludes halogenated alkanes) is 12. The quantitative estimate of drug-likeness (QED) is 0.0417. The van der Waals surface area contributed by atoms with Crippen LogP contribution in [0.1, 0.15) is 168 Å². The minimum Gasteiger partial charge on any atom is -0.461 e. The van der Waals surface area contributed by atoms with Gasteiger partial charge in [0.05, 0.1) is 0 Å². The molecule has 0 rings (SSSR count). The third-order valence-electron chi connectivity index (χ3n) is 8.40. The second kappa shape index (κ2) is 35.7. The lowest BCUT2D eigenvalue weighted by atomic mass is 10.0. The largest absolute Gasteiger partial charge is 0.461 e. The molecule has 0 N–H and O–H groups in total. The number of esters is 1. The Balaban J connectivity index is 4.24. The lowest BCUT2D eigenvalue weighted by molar-refractivity contribution is -0.155. The number of hydrogen-bond acceptors (Lipinski definition) is 3. The molecule has 3 heteroatoms. The zero-order chi connectivity index (χ0) is 33.8. The molecule has 0 aromatic heterocycles. The van der Waals surface area contributed by atoms with Crippen LogP contribution in [0.15, 0.2) is 72.9 Å². The molecule has 0 bridgehead atoms. The zero-order valence-corrected chi connectivity index (χ0v) is 31.1. The summed E-state index contributed by atoms with van der Waals surface area (Å²) < 4.78 is 6.08. The fourth-order valence-corrected chi connectivity index (χ4v) is 5.45. The summed E-state index contributed by atoms with van der Waals surface area (Å²) >= 11 is 0. The van der Waals surface area contributed by atoms with E-state index >= 15 is 0 Å². The lowest BCUT2D eigenvalue weighted by Gasteiger charge is -2.25. The first-order chi connectivity index (χ1) is 22.6. The first-order valence-corrected chi connectivity index (χ1v) is 19.3. The third-order valence-corrected chi connectivity index (χ3v) is 8.40. The highest BCUT2D eigenvalue weighted by Gasteiger charge is 2.23. The number of likely N-dealkylation sites (N-methyl/N-ethyl adjacent to an activating group) is 1. The molecule has 0 aromatic rings. The Morgan fingerprint density at radius 2 is 0.848 bits per heavy atom. The second-order valence-electron chi connectivity index (χ2n) is 13.0. The Hall–Kier alpha value is -2.13. The number of allylic oxidation sites excluding steroid dienone is 12. The van der Waals surface area contributed by atoms with E-state index in [4.69, 9.17) is 4.74 Å². The van der Waals surface area contributed by atoms with Gasteiger partial charge in [-0.15, -0.1) is 0 Å². The molecule has 3 nitrogen and oxygen atoms in total. The van der Waals surface area contributed by atoms with Gasteiger partial charge in [0, 0.05) is 0 Å². The van der Waals surface area contributed by atoms with Crippen molar-refractivity contribution in [2.45, 2.75) is 181 Å². The molecule has 0 spiro atoms. The van der Waals surface area contributed by atoms with Gasteiger partial charge in [0.1, 0.15) is 12.1 Å². The maximum absolute atomic E-state index is 12.9. The van der Waals surface area contributed by atoms with Crippen LogP contribution in [-0.4, -0.2) is 37.1 Å². The van der Waals surface area contributed by atoms with Crippen LogP contribution in [0.25, 0.3) is 0 Å². The van der Waals surface area contributed by atoms with Gasteiger partial charge in [-0.2, -0.15) is 0 Å². The predicted molar refractivity (Wildman–Crippen MR) is 205 cm³/mol. The summed E-state index contributed by atoms with van der Waals surface area (Å²) in [6, 6.07) is -0.149. The molecule has 0 aliphatic heterocycles. The number of carbonyl (C=O) groups excluding carboxylic acids is 1. The summed E-state index contributed by atoms with van der Waals surface area (Å²) in [4.78, 5) is 14.9. The van der Waals surface area contributed by atoms with Gasteiger partial charge in [0.15, 0.2) is 0 Å². The van der Waals surface area contributed by atoms with E-state index in [9.17, 15) is 4.79 Å². The highest BCUT2D eigenvalue weighted by Crippen LogP contribution is 2.18. The number of ether oxygens (including phenoxy) is 1. The van der Waals surface area contributed by atoms with Crippen molar-refractivity contribution in [2.75, 3.05) is 14.1 Å². The molecular formula is C43H75NO2. The molecule has 0 aliphatic carbocycles. The Kier molecular flexibility index (Phi) is 34.1. The van der Waals surface area contributed by atoms with Gasteiger partial charge in [-0.05, 0) is 123 Å². The minimum absolute atomic E-state index is 0.0456. The lowest BCUT2D eigenvalue weighted by Crippen LogP contribution is -2.38. The molecular weight excluding hydrogens is 562 g/mol. The fraction of sp³-hybridized carbons (Fsp3) is 0.698. The topological polar surface area (TPSA) is 29.5 Å². The Morgan fingerprint density at radius 3 is 1.17 bits per heavy atom. The molecule has 0 amide bonds. The van der Waals surface area contributed by atoms with Crippen LogP contribution in [0.3, 0.4) is 0 Å². The number of rotatable bonds is 32. The average molecular weight is 638 g/mol. The van der Waals surface area contributed by atoms with Crippen LogP contribution in [0.2, 0.25) is 0 Å². The third kappa shape index (κ3) is 30.5. The van der Waals surface area contributed by atoms with E-state index in [2.05, 4.69) is 93.7 Å². The molecule has 0 aromatic carbocycles. The SMILES string of the molecule is CCCCC/C=C/C/C=C/C/C=C/CCCCCC(CCCCC/C=C/C/C=C/C/C=C/CCCCC)OC(=O)C(CC)N(C)C. The van der Waals surface area contributed by atoms with Gasteiger partial charge in [-0.3, -0.25) is 9.69 Å². The van der Waals surface area contributed by atoms with Crippen molar-refractivity contribution in [3.63, 3.8) is 0 Å². The summed E-state index contributed by atoms with van der Waals surface area (Å²) in [7, 11) is 3.94. The van der Waals surface area contributed by atoms with Gasteiger partial charge >= 0.3 is 5.97 Å².